The van der Waals surface area contributed by atoms with Gasteiger partial charge in [-0.05, 0) is 30.4 Å². The average molecular weight is 383 g/mol. The number of hydrazine groups is 1. The van der Waals surface area contributed by atoms with Gasteiger partial charge in [-0.2, -0.15) is 0 Å². The van der Waals surface area contributed by atoms with Gasteiger partial charge in [-0.3, -0.25) is 21.0 Å². The highest BCUT2D eigenvalue weighted by molar-refractivity contribution is 7.80. The minimum absolute atomic E-state index is 0.107. The minimum atomic E-state index is -0.311. The van der Waals surface area contributed by atoms with Crippen molar-refractivity contribution in [3.8, 4) is 11.5 Å². The van der Waals surface area contributed by atoms with Gasteiger partial charge in [-0.1, -0.05) is 18.2 Å². The molecule has 9 heteroatoms. The van der Waals surface area contributed by atoms with Crippen LogP contribution in [-0.4, -0.2) is 35.2 Å². The number of ether oxygens (including phenoxy) is 2. The second-order valence-corrected chi connectivity index (χ2v) is 5.75. The molecule has 138 valence electrons. The molecule has 0 bridgehead atoms. The van der Waals surface area contributed by atoms with E-state index in [1.165, 1.54) is 6.33 Å². The summed E-state index contributed by atoms with van der Waals surface area (Å²) in [6, 6.07) is 12.3. The van der Waals surface area contributed by atoms with Crippen LogP contribution in [-0.2, 0) is 0 Å². The lowest BCUT2D eigenvalue weighted by Gasteiger charge is -2.14. The first-order chi connectivity index (χ1) is 13.1. The molecule has 0 saturated carbocycles. The predicted octanol–water partition coefficient (Wildman–Crippen LogP) is 2.28. The van der Waals surface area contributed by atoms with Crippen molar-refractivity contribution in [2.45, 2.75) is 0 Å². The highest BCUT2D eigenvalue weighted by Gasteiger charge is 2.12. The third-order valence-corrected chi connectivity index (χ3v) is 3.90. The smallest absolute Gasteiger partial charge is 0.257 e. The van der Waals surface area contributed by atoms with Crippen LogP contribution in [0, 0.1) is 0 Å². The fourth-order valence-electron chi connectivity index (χ4n) is 2.39. The highest BCUT2D eigenvalue weighted by atomic mass is 32.1. The quantitative estimate of drug-likeness (QED) is 0.456. The van der Waals surface area contributed by atoms with Crippen LogP contribution in [0.4, 0.5) is 5.82 Å². The van der Waals surface area contributed by atoms with E-state index in [1.54, 1.807) is 50.6 Å². The molecule has 1 heterocycles. The molecule has 1 amide bonds. The van der Waals surface area contributed by atoms with Crippen LogP contribution < -0.4 is 25.6 Å². The monoisotopic (exact) mass is 383 g/mol. The summed E-state index contributed by atoms with van der Waals surface area (Å²) in [7, 11) is 3.10. The van der Waals surface area contributed by atoms with Gasteiger partial charge < -0.3 is 9.47 Å². The van der Waals surface area contributed by atoms with Crippen LogP contribution in [0.15, 0.2) is 48.8 Å². The third kappa shape index (κ3) is 4.21. The number of anilines is 1. The van der Waals surface area contributed by atoms with E-state index >= 15 is 0 Å². The summed E-state index contributed by atoms with van der Waals surface area (Å²) in [6.07, 6.45) is 1.41. The van der Waals surface area contributed by atoms with Gasteiger partial charge >= 0.3 is 0 Å². The number of hydrogen-bond donors (Lipinski definition) is 3. The number of nitrogens with one attached hydrogen (secondary N) is 3. The maximum Gasteiger partial charge on any atom is 0.257 e. The van der Waals surface area contributed by atoms with Gasteiger partial charge in [0.05, 0.1) is 19.7 Å². The second-order valence-electron chi connectivity index (χ2n) is 5.35. The van der Waals surface area contributed by atoms with E-state index in [-0.39, 0.29) is 11.0 Å². The Hall–Kier alpha value is -3.46. The van der Waals surface area contributed by atoms with Gasteiger partial charge in [-0.15, -0.1) is 0 Å². The Kier molecular flexibility index (Phi) is 5.62. The van der Waals surface area contributed by atoms with Crippen LogP contribution in [0.2, 0.25) is 0 Å². The second kappa shape index (κ2) is 8.28. The van der Waals surface area contributed by atoms with Crippen molar-refractivity contribution >= 4 is 40.0 Å². The number of rotatable bonds is 5. The van der Waals surface area contributed by atoms with Crippen LogP contribution >= 0.6 is 12.2 Å². The van der Waals surface area contributed by atoms with Crippen molar-refractivity contribution < 1.29 is 14.3 Å². The maximum absolute atomic E-state index is 12.1. The molecule has 0 saturated heterocycles. The van der Waals surface area contributed by atoms with E-state index in [9.17, 15) is 4.79 Å². The molecule has 3 rings (SSSR count). The number of benzene rings is 2. The molecule has 0 aliphatic heterocycles. The zero-order valence-electron chi connectivity index (χ0n) is 14.6. The lowest BCUT2D eigenvalue weighted by atomic mass is 10.2. The number of aromatic nitrogens is 2. The number of nitrogens with zero attached hydrogens (tertiary/aromatic N) is 2. The predicted molar refractivity (Wildman–Crippen MR) is 106 cm³/mol. The third-order valence-electron chi connectivity index (χ3n) is 3.70. The Morgan fingerprint density at radius 3 is 2.44 bits per heavy atom. The van der Waals surface area contributed by atoms with Crippen molar-refractivity contribution in [3.63, 3.8) is 0 Å². The van der Waals surface area contributed by atoms with Crippen LogP contribution in [0.1, 0.15) is 10.4 Å². The molecular formula is C18H17N5O3S. The van der Waals surface area contributed by atoms with Crippen molar-refractivity contribution in [2.24, 2.45) is 0 Å². The first-order valence-electron chi connectivity index (χ1n) is 7.91. The van der Waals surface area contributed by atoms with Gasteiger partial charge in [0, 0.05) is 17.0 Å². The summed E-state index contributed by atoms with van der Waals surface area (Å²) in [4.78, 5) is 20.5. The number of carbonyl (C=O) groups is 1. The molecule has 0 fully saturated rings. The van der Waals surface area contributed by atoms with Crippen molar-refractivity contribution in [2.75, 3.05) is 19.6 Å². The van der Waals surface area contributed by atoms with Crippen molar-refractivity contribution in [3.05, 3.63) is 54.4 Å². The van der Waals surface area contributed by atoms with E-state index in [1.807, 2.05) is 6.07 Å². The molecule has 0 atom stereocenters. The summed E-state index contributed by atoms with van der Waals surface area (Å²) in [6.45, 7) is 0. The van der Waals surface area contributed by atoms with E-state index in [4.69, 9.17) is 21.7 Å². The fraction of sp³-hybridized carbons (Fsp3) is 0.111. The number of fused-ring (bicyclic) bond motifs is 1. The van der Waals surface area contributed by atoms with E-state index in [2.05, 4.69) is 26.1 Å². The molecule has 0 spiro atoms. The molecule has 3 N–H and O–H groups in total. The molecule has 0 aliphatic rings. The number of thiocarbonyl (C=S) groups is 1. The molecule has 0 aliphatic carbocycles. The largest absolute Gasteiger partial charge is 0.493 e. The highest BCUT2D eigenvalue weighted by Crippen LogP contribution is 2.33. The normalized spacial score (nSPS) is 10.1. The molecule has 8 nitrogen and oxygen atoms in total. The van der Waals surface area contributed by atoms with Gasteiger partial charge in [0.2, 0.25) is 0 Å². The van der Waals surface area contributed by atoms with Crippen LogP contribution in [0.3, 0.4) is 0 Å². The fourth-order valence-corrected chi connectivity index (χ4v) is 2.54. The number of methoxy groups -OCH3 is 2. The van der Waals surface area contributed by atoms with Gasteiger partial charge in [-0.25, -0.2) is 9.97 Å². The molecule has 3 aromatic rings. The lowest BCUT2D eigenvalue weighted by Crippen LogP contribution is -2.42. The van der Waals surface area contributed by atoms with Crippen LogP contribution in [0.5, 0.6) is 11.5 Å². The molecule has 1 aromatic heterocycles. The van der Waals surface area contributed by atoms with Crippen LogP contribution in [0.25, 0.3) is 10.9 Å². The molecule has 27 heavy (non-hydrogen) atoms. The first kappa shape index (κ1) is 18.3. The number of carbonyl (C=O) groups excluding carboxylic acids is 1. The summed E-state index contributed by atoms with van der Waals surface area (Å²) < 4.78 is 10.6. The molecule has 2 aromatic carbocycles. The Balaban J connectivity index is 1.73. The Morgan fingerprint density at radius 1 is 1.04 bits per heavy atom. The summed E-state index contributed by atoms with van der Waals surface area (Å²) >= 11 is 5.15. The van der Waals surface area contributed by atoms with E-state index in [0.717, 1.165) is 0 Å². The minimum Gasteiger partial charge on any atom is -0.493 e. The molecular weight excluding hydrogens is 366 g/mol. The Morgan fingerprint density at radius 2 is 1.74 bits per heavy atom. The summed E-state index contributed by atoms with van der Waals surface area (Å²) in [5.41, 5.74) is 6.79. The van der Waals surface area contributed by atoms with Crippen molar-refractivity contribution in [1.82, 2.24) is 20.7 Å². The Bertz CT molecular complexity index is 981. The van der Waals surface area contributed by atoms with E-state index < -0.39 is 0 Å². The maximum atomic E-state index is 12.1. The SMILES string of the molecule is COc1cc2ncnc(NNC(=S)NC(=O)c3ccccc3)c2cc1OC. The zero-order valence-corrected chi connectivity index (χ0v) is 15.5. The van der Waals surface area contributed by atoms with E-state index in [0.29, 0.717) is 33.8 Å². The standard InChI is InChI=1S/C18H17N5O3S/c1-25-14-8-12-13(9-15(14)26-2)19-10-20-16(12)22-23-18(27)21-17(24)11-6-4-3-5-7-11/h3-10H,1-2H3,(H,19,20,22)(H2,21,23,24,27). The summed E-state index contributed by atoms with van der Waals surface area (Å²) in [5, 5.41) is 3.39. The van der Waals surface area contributed by atoms with Gasteiger partial charge in [0.25, 0.3) is 5.91 Å². The number of hydrogen-bond acceptors (Lipinski definition) is 7. The zero-order chi connectivity index (χ0) is 19.2. The van der Waals surface area contributed by atoms with Gasteiger partial charge in [0.15, 0.2) is 22.4 Å². The summed E-state index contributed by atoms with van der Waals surface area (Å²) in [5.74, 6) is 1.27. The van der Waals surface area contributed by atoms with Crippen molar-refractivity contribution in [1.29, 1.82) is 0 Å². The number of amides is 1. The van der Waals surface area contributed by atoms with Gasteiger partial charge in [0.1, 0.15) is 6.33 Å². The topological polar surface area (TPSA) is 97.4 Å². The molecule has 0 unspecified atom stereocenters. The first-order valence-corrected chi connectivity index (χ1v) is 8.32. The molecule has 0 radical (unpaired) electrons. The Labute approximate surface area is 160 Å². The lowest BCUT2D eigenvalue weighted by molar-refractivity contribution is 0.0977. The average Bonchev–Trinajstić information content (AvgIpc) is 2.71.